The third-order valence-corrected chi connectivity index (χ3v) is 2.87. The first-order valence-electron chi connectivity index (χ1n) is 4.60. The Balaban J connectivity index is 2.66. The van der Waals surface area contributed by atoms with Gasteiger partial charge in [-0.25, -0.2) is 4.39 Å². The molecule has 0 spiro atoms. The number of hydrogen-bond donors (Lipinski definition) is 3. The molecule has 1 heterocycles. The highest BCUT2D eigenvalue weighted by molar-refractivity contribution is 9.10. The van der Waals surface area contributed by atoms with Gasteiger partial charge in [0.25, 0.3) is 0 Å². The van der Waals surface area contributed by atoms with E-state index in [0.29, 0.717) is 10.2 Å². The average Bonchev–Trinajstić information content (AvgIpc) is 2.70. The molecule has 0 aliphatic heterocycles. The number of rotatable bonds is 2. The zero-order valence-electron chi connectivity index (χ0n) is 8.79. The predicted molar refractivity (Wildman–Crippen MR) is 64.3 cm³/mol. The van der Waals surface area contributed by atoms with Gasteiger partial charge >= 0.3 is 0 Å². The number of nitrogens with zero attached hydrogens (tertiary/aromatic N) is 1. The fourth-order valence-electron chi connectivity index (χ4n) is 1.45. The Hall–Kier alpha value is -1.76. The van der Waals surface area contributed by atoms with E-state index in [2.05, 4.69) is 26.1 Å². The van der Waals surface area contributed by atoms with Crippen LogP contribution in [-0.4, -0.2) is 22.4 Å². The number of hydrogen-bond acceptors (Lipinski definition) is 4. The number of halogens is 2. The SMILES string of the molecule is COc1cc(Br)c(-c2cc(N)n[nH]2)c(F)c1O. The molecule has 2 aromatic rings. The van der Waals surface area contributed by atoms with Gasteiger partial charge in [-0.1, -0.05) is 0 Å². The van der Waals surface area contributed by atoms with E-state index in [1.807, 2.05) is 0 Å². The Kier molecular flexibility index (Phi) is 2.93. The van der Waals surface area contributed by atoms with E-state index < -0.39 is 11.6 Å². The van der Waals surface area contributed by atoms with Crippen LogP contribution in [0.4, 0.5) is 10.2 Å². The summed E-state index contributed by atoms with van der Waals surface area (Å²) in [7, 11) is 1.34. The summed E-state index contributed by atoms with van der Waals surface area (Å²) in [5.74, 6) is -1.08. The number of aromatic nitrogens is 2. The van der Waals surface area contributed by atoms with E-state index in [0.717, 1.165) is 0 Å². The molecule has 1 aromatic carbocycles. The number of anilines is 1. The third-order valence-electron chi connectivity index (χ3n) is 2.24. The second-order valence-corrected chi connectivity index (χ2v) is 4.16. The second kappa shape index (κ2) is 4.25. The minimum Gasteiger partial charge on any atom is -0.502 e. The van der Waals surface area contributed by atoms with Crippen LogP contribution in [0.1, 0.15) is 0 Å². The quantitative estimate of drug-likeness (QED) is 0.794. The van der Waals surface area contributed by atoms with Crippen molar-refractivity contribution in [3.8, 4) is 22.8 Å². The fourth-order valence-corrected chi connectivity index (χ4v) is 2.05. The molecule has 0 atom stereocenters. The van der Waals surface area contributed by atoms with Crippen molar-refractivity contribution < 1.29 is 14.2 Å². The van der Waals surface area contributed by atoms with E-state index in [1.54, 1.807) is 0 Å². The predicted octanol–water partition coefficient (Wildman–Crippen LogP) is 2.27. The first-order chi connectivity index (χ1) is 8.04. The molecule has 0 saturated carbocycles. The first kappa shape index (κ1) is 11.7. The number of aromatic hydroxyl groups is 1. The Bertz CT molecular complexity index is 571. The lowest BCUT2D eigenvalue weighted by molar-refractivity contribution is 0.357. The maximum Gasteiger partial charge on any atom is 0.195 e. The average molecular weight is 302 g/mol. The number of phenolic OH excluding ortho intramolecular Hbond substituents is 1. The van der Waals surface area contributed by atoms with Crippen LogP contribution in [0.5, 0.6) is 11.5 Å². The number of benzene rings is 1. The first-order valence-corrected chi connectivity index (χ1v) is 5.40. The summed E-state index contributed by atoms with van der Waals surface area (Å²) >= 11 is 3.20. The highest BCUT2D eigenvalue weighted by Gasteiger charge is 2.19. The molecule has 0 saturated heterocycles. The second-order valence-electron chi connectivity index (χ2n) is 3.30. The summed E-state index contributed by atoms with van der Waals surface area (Å²) in [5.41, 5.74) is 5.95. The smallest absolute Gasteiger partial charge is 0.195 e. The van der Waals surface area contributed by atoms with E-state index in [1.165, 1.54) is 19.2 Å². The number of H-pyrrole nitrogens is 1. The lowest BCUT2D eigenvalue weighted by atomic mass is 10.1. The number of phenols is 1. The van der Waals surface area contributed by atoms with Crippen LogP contribution in [0.15, 0.2) is 16.6 Å². The van der Waals surface area contributed by atoms with Crippen LogP contribution in [0, 0.1) is 5.82 Å². The lowest BCUT2D eigenvalue weighted by Crippen LogP contribution is -1.92. The molecule has 1 aromatic heterocycles. The number of nitrogen functional groups attached to an aromatic ring is 1. The molecule has 5 nitrogen and oxygen atoms in total. The molecule has 0 unspecified atom stereocenters. The molecule has 7 heteroatoms. The Morgan fingerprint density at radius 1 is 1.53 bits per heavy atom. The van der Waals surface area contributed by atoms with E-state index in [9.17, 15) is 9.50 Å². The Morgan fingerprint density at radius 2 is 2.24 bits per heavy atom. The van der Waals surface area contributed by atoms with Crippen molar-refractivity contribution in [2.24, 2.45) is 0 Å². The van der Waals surface area contributed by atoms with Gasteiger partial charge < -0.3 is 15.6 Å². The number of methoxy groups -OCH3 is 1. The van der Waals surface area contributed by atoms with Crippen LogP contribution < -0.4 is 10.5 Å². The summed E-state index contributed by atoms with van der Waals surface area (Å²) in [6.45, 7) is 0. The van der Waals surface area contributed by atoms with Crippen molar-refractivity contribution in [2.75, 3.05) is 12.8 Å². The van der Waals surface area contributed by atoms with Crippen molar-refractivity contribution in [1.29, 1.82) is 0 Å². The number of nitrogens with one attached hydrogen (secondary N) is 1. The maximum atomic E-state index is 14.0. The van der Waals surface area contributed by atoms with Crippen LogP contribution in [0.2, 0.25) is 0 Å². The van der Waals surface area contributed by atoms with Crippen molar-refractivity contribution in [2.45, 2.75) is 0 Å². The molecular weight excluding hydrogens is 293 g/mol. The van der Waals surface area contributed by atoms with Gasteiger partial charge in [-0.3, -0.25) is 5.10 Å². The molecule has 0 aliphatic carbocycles. The van der Waals surface area contributed by atoms with Crippen molar-refractivity contribution in [3.63, 3.8) is 0 Å². The van der Waals surface area contributed by atoms with Gasteiger partial charge in [-0.05, 0) is 22.0 Å². The van der Waals surface area contributed by atoms with Gasteiger partial charge in [0.15, 0.2) is 17.3 Å². The molecule has 0 aliphatic rings. The summed E-state index contributed by atoms with van der Waals surface area (Å²) in [5, 5.41) is 15.9. The Labute approximate surface area is 105 Å². The number of ether oxygens (including phenoxy) is 1. The standard InChI is InChI=1S/C10H9BrFN3O2/c1-17-6-2-4(11)8(9(12)10(6)16)5-3-7(13)15-14-5/h2-3,16H,1H3,(H3,13,14,15). The van der Waals surface area contributed by atoms with Gasteiger partial charge in [0, 0.05) is 10.5 Å². The highest BCUT2D eigenvalue weighted by atomic mass is 79.9. The van der Waals surface area contributed by atoms with Crippen molar-refractivity contribution >= 4 is 21.7 Å². The van der Waals surface area contributed by atoms with Gasteiger partial charge in [0.2, 0.25) is 0 Å². The van der Waals surface area contributed by atoms with Crippen LogP contribution in [0.3, 0.4) is 0 Å². The van der Waals surface area contributed by atoms with E-state index in [-0.39, 0.29) is 17.1 Å². The minimum atomic E-state index is -0.806. The molecular formula is C10H9BrFN3O2. The number of aromatic amines is 1. The van der Waals surface area contributed by atoms with Gasteiger partial charge in [0.1, 0.15) is 5.82 Å². The van der Waals surface area contributed by atoms with E-state index >= 15 is 0 Å². The van der Waals surface area contributed by atoms with E-state index in [4.69, 9.17) is 10.5 Å². The normalized spacial score (nSPS) is 10.5. The summed E-state index contributed by atoms with van der Waals surface area (Å²) in [6.07, 6.45) is 0. The minimum absolute atomic E-state index is 0.0469. The zero-order valence-corrected chi connectivity index (χ0v) is 10.4. The highest BCUT2D eigenvalue weighted by Crippen LogP contribution is 2.40. The number of nitrogens with two attached hydrogens (primary N) is 1. The van der Waals surface area contributed by atoms with Crippen molar-refractivity contribution in [3.05, 3.63) is 22.4 Å². The largest absolute Gasteiger partial charge is 0.502 e. The molecule has 0 amide bonds. The van der Waals surface area contributed by atoms with Gasteiger partial charge in [0.05, 0.1) is 18.4 Å². The summed E-state index contributed by atoms with van der Waals surface area (Å²) in [6, 6.07) is 2.93. The molecule has 17 heavy (non-hydrogen) atoms. The molecule has 4 N–H and O–H groups in total. The van der Waals surface area contributed by atoms with Gasteiger partial charge in [-0.2, -0.15) is 5.10 Å². The molecule has 90 valence electrons. The monoisotopic (exact) mass is 301 g/mol. The molecule has 2 rings (SSSR count). The van der Waals surface area contributed by atoms with Crippen LogP contribution in [0.25, 0.3) is 11.3 Å². The lowest BCUT2D eigenvalue weighted by Gasteiger charge is -2.09. The topological polar surface area (TPSA) is 84.2 Å². The Morgan fingerprint density at radius 3 is 2.76 bits per heavy atom. The fraction of sp³-hybridized carbons (Fsp3) is 0.100. The zero-order chi connectivity index (χ0) is 12.6. The molecule has 0 bridgehead atoms. The summed E-state index contributed by atoms with van der Waals surface area (Å²) < 4.78 is 19.2. The summed E-state index contributed by atoms with van der Waals surface area (Å²) in [4.78, 5) is 0. The van der Waals surface area contributed by atoms with Crippen molar-refractivity contribution in [1.82, 2.24) is 10.2 Å². The van der Waals surface area contributed by atoms with Crippen LogP contribution in [-0.2, 0) is 0 Å². The van der Waals surface area contributed by atoms with Crippen LogP contribution >= 0.6 is 15.9 Å². The molecule has 0 radical (unpaired) electrons. The molecule has 0 fully saturated rings. The van der Waals surface area contributed by atoms with Gasteiger partial charge in [-0.15, -0.1) is 0 Å². The third kappa shape index (κ3) is 1.93. The maximum absolute atomic E-state index is 14.0.